The van der Waals surface area contributed by atoms with Crippen molar-refractivity contribution in [1.29, 1.82) is 0 Å². The summed E-state index contributed by atoms with van der Waals surface area (Å²) in [5.41, 5.74) is 0. The van der Waals surface area contributed by atoms with Crippen LogP contribution in [0.3, 0.4) is 0 Å². The Morgan fingerprint density at radius 1 is 1.73 bits per heavy atom. The van der Waals surface area contributed by atoms with Crippen LogP contribution in [0.4, 0.5) is 0 Å². The largest absolute Gasteiger partial charge is 0.433 e. The van der Waals surface area contributed by atoms with Crippen LogP contribution in [0.25, 0.3) is 0 Å². The quantitative estimate of drug-likeness (QED) is 0.267. The molecule has 0 aliphatic carbocycles. The lowest BCUT2D eigenvalue weighted by atomic mass is 10.2. The van der Waals surface area contributed by atoms with E-state index in [0.717, 1.165) is 31.9 Å². The lowest BCUT2D eigenvalue weighted by molar-refractivity contribution is -0.175. The molecule has 0 aromatic heterocycles. The minimum absolute atomic E-state index is 0.191. The summed E-state index contributed by atoms with van der Waals surface area (Å²) >= 11 is 0. The van der Waals surface area contributed by atoms with Gasteiger partial charge in [0.15, 0.2) is 0 Å². The Bertz CT molecular complexity index is 211. The zero-order valence-electron chi connectivity index (χ0n) is 9.11. The Hall–Kier alpha value is -0.870. The van der Waals surface area contributed by atoms with Gasteiger partial charge in [-0.3, -0.25) is 0 Å². The molecule has 0 radical (unpaired) electrons. The predicted octanol–water partition coefficient (Wildman–Crippen LogP) is 1.65. The fraction of sp³-hybridized carbons (Fsp3) is 0.727. The molecule has 0 amide bonds. The van der Waals surface area contributed by atoms with Gasteiger partial charge < -0.3 is 14.2 Å². The van der Waals surface area contributed by atoms with Crippen LogP contribution in [0.15, 0.2) is 12.7 Å². The van der Waals surface area contributed by atoms with E-state index >= 15 is 0 Å². The smallest absolute Gasteiger partial charge is 0.332 e. The number of unbranched alkanes of at least 4 members (excludes halogenated alkanes) is 1. The number of epoxide rings is 1. The molecule has 0 aromatic rings. The third kappa shape index (κ3) is 5.54. The van der Waals surface area contributed by atoms with E-state index in [0.29, 0.717) is 6.61 Å². The van der Waals surface area contributed by atoms with E-state index in [2.05, 4.69) is 13.5 Å². The summed E-state index contributed by atoms with van der Waals surface area (Å²) in [5.74, 6) is -0.437. The lowest BCUT2D eigenvalue weighted by Crippen LogP contribution is -2.22. The van der Waals surface area contributed by atoms with Crippen LogP contribution in [0.2, 0.25) is 0 Å². The molecule has 0 saturated carbocycles. The fourth-order valence-corrected chi connectivity index (χ4v) is 1.10. The first-order chi connectivity index (χ1) is 7.26. The van der Waals surface area contributed by atoms with E-state index < -0.39 is 12.3 Å². The minimum Gasteiger partial charge on any atom is -0.433 e. The number of carbonyl (C=O) groups excluding carboxylic acids is 1. The Labute approximate surface area is 90.2 Å². The Morgan fingerprint density at radius 3 is 3.00 bits per heavy atom. The van der Waals surface area contributed by atoms with Crippen molar-refractivity contribution in [3.05, 3.63) is 12.7 Å². The Morgan fingerprint density at radius 2 is 2.47 bits per heavy atom. The van der Waals surface area contributed by atoms with Gasteiger partial charge in [-0.2, -0.15) is 0 Å². The molecule has 1 rings (SSSR count). The predicted molar refractivity (Wildman–Crippen MR) is 55.3 cm³/mol. The first kappa shape index (κ1) is 12.2. The van der Waals surface area contributed by atoms with E-state index in [1.807, 2.05) is 0 Å². The van der Waals surface area contributed by atoms with Gasteiger partial charge in [0, 0.05) is 12.5 Å². The molecule has 4 nitrogen and oxygen atoms in total. The van der Waals surface area contributed by atoms with Crippen LogP contribution >= 0.6 is 0 Å². The first-order valence-corrected chi connectivity index (χ1v) is 5.32. The highest BCUT2D eigenvalue weighted by atomic mass is 16.7. The van der Waals surface area contributed by atoms with Crippen molar-refractivity contribution >= 4 is 5.97 Å². The molecular weight excluding hydrogens is 196 g/mol. The van der Waals surface area contributed by atoms with Crippen LogP contribution in [-0.2, 0) is 19.0 Å². The van der Waals surface area contributed by atoms with E-state index in [-0.39, 0.29) is 6.10 Å². The van der Waals surface area contributed by atoms with Gasteiger partial charge in [0.25, 0.3) is 0 Å². The fourth-order valence-electron chi connectivity index (χ4n) is 1.10. The maximum atomic E-state index is 11.0. The van der Waals surface area contributed by atoms with Crippen LogP contribution in [0.1, 0.15) is 26.2 Å². The molecule has 2 unspecified atom stereocenters. The summed E-state index contributed by atoms with van der Waals surface area (Å²) in [7, 11) is 0. The van der Waals surface area contributed by atoms with E-state index in [1.165, 1.54) is 0 Å². The second-order valence-corrected chi connectivity index (χ2v) is 3.50. The molecule has 4 heteroatoms. The number of hydrogen-bond donors (Lipinski definition) is 0. The van der Waals surface area contributed by atoms with Gasteiger partial charge in [-0.15, -0.1) is 0 Å². The molecule has 0 bridgehead atoms. The average Bonchev–Trinajstić information content (AvgIpc) is 3.05. The maximum absolute atomic E-state index is 11.0. The third-order valence-corrected chi connectivity index (χ3v) is 2.08. The molecule has 2 atom stereocenters. The summed E-state index contributed by atoms with van der Waals surface area (Å²) in [6.07, 6.45) is 3.63. The average molecular weight is 214 g/mol. The second kappa shape index (κ2) is 6.58. The first-order valence-electron chi connectivity index (χ1n) is 5.32. The molecule has 1 heterocycles. The zero-order chi connectivity index (χ0) is 11.1. The van der Waals surface area contributed by atoms with Gasteiger partial charge >= 0.3 is 5.97 Å². The number of esters is 1. The maximum Gasteiger partial charge on any atom is 0.332 e. The summed E-state index contributed by atoms with van der Waals surface area (Å²) in [6.45, 7) is 6.67. The number of ether oxygens (including phenoxy) is 3. The van der Waals surface area contributed by atoms with Gasteiger partial charge in [-0.25, -0.2) is 4.79 Å². The number of rotatable bonds is 8. The highest BCUT2D eigenvalue weighted by molar-refractivity contribution is 5.81. The topological polar surface area (TPSA) is 48.1 Å². The molecule has 15 heavy (non-hydrogen) atoms. The van der Waals surface area contributed by atoms with Gasteiger partial charge in [0.1, 0.15) is 6.10 Å². The van der Waals surface area contributed by atoms with Crippen LogP contribution in [-0.4, -0.2) is 31.6 Å². The molecule has 1 fully saturated rings. The van der Waals surface area contributed by atoms with Crippen molar-refractivity contribution in [2.24, 2.45) is 0 Å². The molecule has 1 aliphatic heterocycles. The molecule has 0 N–H and O–H groups in total. The number of carbonyl (C=O) groups is 1. The second-order valence-electron chi connectivity index (χ2n) is 3.50. The third-order valence-electron chi connectivity index (χ3n) is 2.08. The molecule has 86 valence electrons. The molecule has 0 aromatic carbocycles. The van der Waals surface area contributed by atoms with Gasteiger partial charge in [0.2, 0.25) is 6.29 Å². The van der Waals surface area contributed by atoms with E-state index in [4.69, 9.17) is 14.2 Å². The monoisotopic (exact) mass is 214 g/mol. The summed E-state index contributed by atoms with van der Waals surface area (Å²) in [5, 5.41) is 0. The Balaban J connectivity index is 2.22. The van der Waals surface area contributed by atoms with Crippen LogP contribution in [0.5, 0.6) is 0 Å². The van der Waals surface area contributed by atoms with Gasteiger partial charge in [-0.05, 0) is 6.42 Å². The SMILES string of the molecule is C=CC(=O)OC(CCCC)OCC1CO1. The van der Waals surface area contributed by atoms with Crippen molar-refractivity contribution in [3.8, 4) is 0 Å². The van der Waals surface area contributed by atoms with Gasteiger partial charge in [-0.1, -0.05) is 19.9 Å². The summed E-state index contributed by atoms with van der Waals surface area (Å²) < 4.78 is 15.5. The highest BCUT2D eigenvalue weighted by Gasteiger charge is 2.25. The van der Waals surface area contributed by atoms with E-state index in [9.17, 15) is 4.79 Å². The number of hydrogen-bond acceptors (Lipinski definition) is 4. The zero-order valence-corrected chi connectivity index (χ0v) is 9.11. The lowest BCUT2D eigenvalue weighted by Gasteiger charge is -2.16. The summed E-state index contributed by atoms with van der Waals surface area (Å²) in [6, 6.07) is 0. The highest BCUT2D eigenvalue weighted by Crippen LogP contribution is 2.13. The Kier molecular flexibility index (Phi) is 5.36. The van der Waals surface area contributed by atoms with Crippen LogP contribution < -0.4 is 0 Å². The van der Waals surface area contributed by atoms with Crippen molar-refractivity contribution in [2.75, 3.05) is 13.2 Å². The van der Waals surface area contributed by atoms with Crippen molar-refractivity contribution < 1.29 is 19.0 Å². The molecule has 1 saturated heterocycles. The van der Waals surface area contributed by atoms with Crippen molar-refractivity contribution in [3.63, 3.8) is 0 Å². The molecule has 1 aliphatic rings. The summed E-state index contributed by atoms with van der Waals surface area (Å²) in [4.78, 5) is 11.0. The van der Waals surface area contributed by atoms with Crippen molar-refractivity contribution in [1.82, 2.24) is 0 Å². The van der Waals surface area contributed by atoms with Crippen molar-refractivity contribution in [2.45, 2.75) is 38.6 Å². The molecular formula is C11H18O4. The normalized spacial score (nSPS) is 20.7. The minimum atomic E-state index is -0.459. The molecule has 0 spiro atoms. The van der Waals surface area contributed by atoms with Crippen LogP contribution in [0, 0.1) is 0 Å². The standard InChI is InChI=1S/C11H18O4/c1-3-5-6-11(15-10(12)4-2)14-8-9-7-13-9/h4,9,11H,2-3,5-8H2,1H3. The van der Waals surface area contributed by atoms with Gasteiger partial charge in [0.05, 0.1) is 13.2 Å². The van der Waals surface area contributed by atoms with E-state index in [1.54, 1.807) is 0 Å².